The molecular formula is C12H12BrNO2. The molecule has 1 aromatic rings. The molecule has 1 aromatic heterocycles. The van der Waals surface area contributed by atoms with Crippen molar-refractivity contribution in [1.82, 2.24) is 4.98 Å². The number of hydrogen-bond acceptors (Lipinski definition) is 3. The number of rotatable bonds is 2. The number of aromatic nitrogens is 1. The number of carbonyl (C=O) groups excluding carboxylic acids is 1. The zero-order valence-electron chi connectivity index (χ0n) is 9.21. The van der Waals surface area contributed by atoms with E-state index in [-0.39, 0.29) is 0 Å². The van der Waals surface area contributed by atoms with E-state index >= 15 is 0 Å². The first-order valence-corrected chi connectivity index (χ1v) is 5.91. The van der Waals surface area contributed by atoms with Gasteiger partial charge in [-0.15, -0.1) is 0 Å². The Kier molecular flexibility index (Phi) is 5.00. The molecule has 0 spiro atoms. The maximum Gasteiger partial charge on any atom is 0.356 e. The standard InChI is InChI=1S/C12H12BrNO2/c1-9-7-10(5-3-4-6-13)8-14-11(9)12(15)16-2/h7-8H,4,6H2,1-2H3. The van der Waals surface area contributed by atoms with Crippen molar-refractivity contribution >= 4 is 21.9 Å². The van der Waals surface area contributed by atoms with E-state index in [1.807, 2.05) is 13.0 Å². The van der Waals surface area contributed by atoms with Crippen LogP contribution in [0.3, 0.4) is 0 Å². The Morgan fingerprint density at radius 1 is 1.62 bits per heavy atom. The summed E-state index contributed by atoms with van der Waals surface area (Å²) in [5.74, 6) is 5.55. The minimum Gasteiger partial charge on any atom is -0.464 e. The minimum atomic E-state index is -0.419. The van der Waals surface area contributed by atoms with Crippen LogP contribution >= 0.6 is 15.9 Å². The number of alkyl halides is 1. The van der Waals surface area contributed by atoms with Gasteiger partial charge in [-0.3, -0.25) is 0 Å². The molecule has 0 bridgehead atoms. The normalized spacial score (nSPS) is 9.19. The summed E-state index contributed by atoms with van der Waals surface area (Å²) in [7, 11) is 1.34. The van der Waals surface area contributed by atoms with Crippen molar-refractivity contribution < 1.29 is 9.53 Å². The molecule has 0 aliphatic rings. The maximum absolute atomic E-state index is 11.3. The van der Waals surface area contributed by atoms with Crippen LogP contribution in [0.2, 0.25) is 0 Å². The number of nitrogens with zero attached hydrogens (tertiary/aromatic N) is 1. The highest BCUT2D eigenvalue weighted by Crippen LogP contribution is 2.08. The van der Waals surface area contributed by atoms with E-state index in [2.05, 4.69) is 37.5 Å². The van der Waals surface area contributed by atoms with E-state index in [1.54, 1.807) is 6.20 Å². The fourth-order valence-corrected chi connectivity index (χ4v) is 1.36. The van der Waals surface area contributed by atoms with Gasteiger partial charge in [0.2, 0.25) is 0 Å². The molecule has 0 fully saturated rings. The molecule has 0 radical (unpaired) electrons. The quantitative estimate of drug-likeness (QED) is 0.474. The third kappa shape index (κ3) is 3.35. The van der Waals surface area contributed by atoms with Gasteiger partial charge >= 0.3 is 5.97 Å². The highest BCUT2D eigenvalue weighted by Gasteiger charge is 2.10. The van der Waals surface area contributed by atoms with E-state index < -0.39 is 5.97 Å². The van der Waals surface area contributed by atoms with Gasteiger partial charge in [-0.05, 0) is 18.6 Å². The average molecular weight is 282 g/mol. The Bertz CT molecular complexity index is 446. The number of pyridine rings is 1. The lowest BCUT2D eigenvalue weighted by Crippen LogP contribution is -2.06. The maximum atomic E-state index is 11.3. The highest BCUT2D eigenvalue weighted by atomic mass is 79.9. The van der Waals surface area contributed by atoms with Gasteiger partial charge in [-0.1, -0.05) is 27.8 Å². The molecule has 0 saturated heterocycles. The lowest BCUT2D eigenvalue weighted by Gasteiger charge is -2.02. The van der Waals surface area contributed by atoms with Crippen LogP contribution < -0.4 is 0 Å². The van der Waals surface area contributed by atoms with Crippen LogP contribution in [-0.4, -0.2) is 23.4 Å². The van der Waals surface area contributed by atoms with Crippen molar-refractivity contribution in [3.63, 3.8) is 0 Å². The molecule has 0 saturated carbocycles. The predicted molar refractivity (Wildman–Crippen MR) is 65.6 cm³/mol. The second kappa shape index (κ2) is 6.29. The summed E-state index contributed by atoms with van der Waals surface area (Å²) in [6.45, 7) is 1.81. The summed E-state index contributed by atoms with van der Waals surface area (Å²) in [6, 6.07) is 1.83. The van der Waals surface area contributed by atoms with Crippen molar-refractivity contribution in [2.24, 2.45) is 0 Å². The van der Waals surface area contributed by atoms with Gasteiger partial charge in [0.25, 0.3) is 0 Å². The fraction of sp³-hybridized carbons (Fsp3) is 0.333. The summed E-state index contributed by atoms with van der Waals surface area (Å²) in [5.41, 5.74) is 1.93. The van der Waals surface area contributed by atoms with Gasteiger partial charge < -0.3 is 4.74 Å². The molecule has 1 rings (SSSR count). The lowest BCUT2D eigenvalue weighted by atomic mass is 10.1. The Morgan fingerprint density at radius 2 is 2.38 bits per heavy atom. The zero-order valence-corrected chi connectivity index (χ0v) is 10.8. The van der Waals surface area contributed by atoms with Gasteiger partial charge in [0.05, 0.1) is 7.11 Å². The van der Waals surface area contributed by atoms with Crippen LogP contribution in [-0.2, 0) is 4.74 Å². The zero-order chi connectivity index (χ0) is 12.0. The van der Waals surface area contributed by atoms with Crippen molar-refractivity contribution in [2.45, 2.75) is 13.3 Å². The smallest absolute Gasteiger partial charge is 0.356 e. The number of ether oxygens (including phenoxy) is 1. The number of hydrogen-bond donors (Lipinski definition) is 0. The summed E-state index contributed by atoms with van der Waals surface area (Å²) in [5, 5.41) is 0.854. The largest absolute Gasteiger partial charge is 0.464 e. The van der Waals surface area contributed by atoms with Crippen molar-refractivity contribution in [2.75, 3.05) is 12.4 Å². The second-order valence-electron chi connectivity index (χ2n) is 3.12. The minimum absolute atomic E-state index is 0.341. The fourth-order valence-electron chi connectivity index (χ4n) is 1.17. The highest BCUT2D eigenvalue weighted by molar-refractivity contribution is 9.09. The van der Waals surface area contributed by atoms with Gasteiger partial charge in [-0.2, -0.15) is 0 Å². The van der Waals surface area contributed by atoms with E-state index in [9.17, 15) is 4.79 Å². The summed E-state index contributed by atoms with van der Waals surface area (Å²) < 4.78 is 4.61. The Morgan fingerprint density at radius 3 is 2.94 bits per heavy atom. The van der Waals surface area contributed by atoms with E-state index in [0.29, 0.717) is 5.69 Å². The summed E-state index contributed by atoms with van der Waals surface area (Å²) in [6.07, 6.45) is 2.37. The molecule has 0 atom stereocenters. The van der Waals surface area contributed by atoms with Crippen molar-refractivity contribution in [3.05, 3.63) is 29.1 Å². The Hall–Kier alpha value is -1.34. The number of halogens is 1. The van der Waals surface area contributed by atoms with Gasteiger partial charge in [-0.25, -0.2) is 9.78 Å². The topological polar surface area (TPSA) is 39.2 Å². The first kappa shape index (κ1) is 12.7. The van der Waals surface area contributed by atoms with Gasteiger partial charge in [0.15, 0.2) is 5.69 Å². The average Bonchev–Trinajstić information content (AvgIpc) is 2.29. The lowest BCUT2D eigenvalue weighted by molar-refractivity contribution is 0.0593. The van der Waals surface area contributed by atoms with E-state index in [4.69, 9.17) is 0 Å². The molecular weight excluding hydrogens is 270 g/mol. The van der Waals surface area contributed by atoms with Crippen LogP contribution in [0.1, 0.15) is 28.0 Å². The summed E-state index contributed by atoms with van der Waals surface area (Å²) in [4.78, 5) is 15.3. The molecule has 0 N–H and O–H groups in total. The number of aryl methyl sites for hydroxylation is 1. The number of carbonyl (C=O) groups is 1. The predicted octanol–water partition coefficient (Wildman–Crippen LogP) is 2.31. The second-order valence-corrected chi connectivity index (χ2v) is 3.91. The third-order valence-electron chi connectivity index (χ3n) is 1.91. The molecule has 3 nitrogen and oxygen atoms in total. The number of esters is 1. The van der Waals surface area contributed by atoms with Crippen LogP contribution in [0, 0.1) is 18.8 Å². The Labute approximate surface area is 103 Å². The molecule has 0 unspecified atom stereocenters. The van der Waals surface area contributed by atoms with Gasteiger partial charge in [0, 0.05) is 23.5 Å². The van der Waals surface area contributed by atoms with Gasteiger partial charge in [0.1, 0.15) is 0 Å². The first-order valence-electron chi connectivity index (χ1n) is 4.79. The molecule has 16 heavy (non-hydrogen) atoms. The van der Waals surface area contributed by atoms with Crippen LogP contribution in [0.4, 0.5) is 0 Å². The van der Waals surface area contributed by atoms with Crippen LogP contribution in [0.15, 0.2) is 12.3 Å². The SMILES string of the molecule is COC(=O)c1ncc(C#CCCBr)cc1C. The van der Waals surface area contributed by atoms with Crippen molar-refractivity contribution in [1.29, 1.82) is 0 Å². The summed E-state index contributed by atoms with van der Waals surface area (Å²) >= 11 is 3.30. The molecule has 0 amide bonds. The molecule has 0 aliphatic carbocycles. The Balaban J connectivity index is 2.92. The molecule has 1 heterocycles. The van der Waals surface area contributed by atoms with Crippen LogP contribution in [0.5, 0.6) is 0 Å². The van der Waals surface area contributed by atoms with Crippen molar-refractivity contribution in [3.8, 4) is 11.8 Å². The molecule has 0 aliphatic heterocycles. The van der Waals surface area contributed by atoms with Crippen LogP contribution in [0.25, 0.3) is 0 Å². The molecule has 84 valence electrons. The first-order chi connectivity index (χ1) is 7.69. The van der Waals surface area contributed by atoms with E-state index in [0.717, 1.165) is 22.9 Å². The monoisotopic (exact) mass is 281 g/mol. The van der Waals surface area contributed by atoms with E-state index in [1.165, 1.54) is 7.11 Å². The molecule has 0 aromatic carbocycles. The third-order valence-corrected chi connectivity index (χ3v) is 2.31. The molecule has 4 heteroatoms. The number of methoxy groups -OCH3 is 1.